The number of amides is 2. The number of rotatable bonds is 7. The first kappa shape index (κ1) is 18.0. The Bertz CT molecular complexity index is 761. The van der Waals surface area contributed by atoms with Gasteiger partial charge in [0.25, 0.3) is 11.8 Å². The summed E-state index contributed by atoms with van der Waals surface area (Å²) in [4.78, 5) is 23.2. The van der Waals surface area contributed by atoms with E-state index in [0.717, 1.165) is 5.56 Å². The third kappa shape index (κ3) is 4.35. The number of hydrogen-bond acceptors (Lipinski definition) is 4. The van der Waals surface area contributed by atoms with Gasteiger partial charge >= 0.3 is 0 Å². The summed E-state index contributed by atoms with van der Waals surface area (Å²) in [7, 11) is 0. The highest BCUT2D eigenvalue weighted by atomic mass is 79.9. The summed E-state index contributed by atoms with van der Waals surface area (Å²) in [5.74, 6) is -1.54. The molecule has 0 spiro atoms. The summed E-state index contributed by atoms with van der Waals surface area (Å²) in [6, 6.07) is 4.47. The quantitative estimate of drug-likeness (QED) is 0.625. The molecule has 0 bridgehead atoms. The number of halogens is 2. The Morgan fingerprint density at radius 3 is 2.71 bits per heavy atom. The molecule has 0 aliphatic heterocycles. The van der Waals surface area contributed by atoms with Crippen LogP contribution < -0.4 is 16.4 Å². The van der Waals surface area contributed by atoms with Gasteiger partial charge in [0, 0.05) is 23.1 Å². The number of carbonyl (C=O) groups excluding carboxylic acids is 2. The SMILES string of the molecule is Cc1ccoc1C(=O)NCCCNc1cc(Br)cc(F)c1C(N)=O. The molecule has 1 heterocycles. The third-order valence-corrected chi connectivity index (χ3v) is 3.78. The Hall–Kier alpha value is -2.35. The molecule has 0 unspecified atom stereocenters. The van der Waals surface area contributed by atoms with Crippen LogP contribution in [0.15, 0.2) is 33.4 Å². The van der Waals surface area contributed by atoms with E-state index in [9.17, 15) is 14.0 Å². The Balaban J connectivity index is 1.86. The lowest BCUT2D eigenvalue weighted by molar-refractivity contribution is 0.0924. The minimum absolute atomic E-state index is 0.187. The summed E-state index contributed by atoms with van der Waals surface area (Å²) in [6.45, 7) is 2.61. The van der Waals surface area contributed by atoms with Crippen LogP contribution in [-0.4, -0.2) is 24.9 Å². The van der Waals surface area contributed by atoms with Crippen LogP contribution in [-0.2, 0) is 0 Å². The number of nitrogens with two attached hydrogens (primary N) is 1. The van der Waals surface area contributed by atoms with Crippen molar-refractivity contribution in [1.82, 2.24) is 5.32 Å². The summed E-state index contributed by atoms with van der Waals surface area (Å²) in [5.41, 5.74) is 6.09. The Labute approximate surface area is 146 Å². The van der Waals surface area contributed by atoms with Gasteiger partial charge in [-0.2, -0.15) is 0 Å². The van der Waals surface area contributed by atoms with Gasteiger partial charge in [-0.15, -0.1) is 0 Å². The van der Waals surface area contributed by atoms with E-state index >= 15 is 0 Å². The number of hydrogen-bond donors (Lipinski definition) is 3. The van der Waals surface area contributed by atoms with Crippen LogP contribution in [0.25, 0.3) is 0 Å². The van der Waals surface area contributed by atoms with E-state index in [1.54, 1.807) is 19.1 Å². The predicted molar refractivity (Wildman–Crippen MR) is 91.5 cm³/mol. The molecule has 0 aliphatic carbocycles. The highest BCUT2D eigenvalue weighted by molar-refractivity contribution is 9.10. The first-order chi connectivity index (χ1) is 11.4. The smallest absolute Gasteiger partial charge is 0.287 e. The molecule has 4 N–H and O–H groups in total. The van der Waals surface area contributed by atoms with Crippen molar-refractivity contribution in [2.45, 2.75) is 13.3 Å². The second kappa shape index (κ2) is 7.96. The Morgan fingerprint density at radius 2 is 2.08 bits per heavy atom. The average Bonchev–Trinajstić information content (AvgIpc) is 2.91. The average molecular weight is 398 g/mol. The number of carbonyl (C=O) groups is 2. The van der Waals surface area contributed by atoms with Gasteiger partial charge in [-0.25, -0.2) is 4.39 Å². The zero-order valence-corrected chi connectivity index (χ0v) is 14.6. The van der Waals surface area contributed by atoms with Crippen molar-refractivity contribution in [3.8, 4) is 0 Å². The molecule has 0 fully saturated rings. The van der Waals surface area contributed by atoms with Gasteiger partial charge in [-0.1, -0.05) is 15.9 Å². The lowest BCUT2D eigenvalue weighted by atomic mass is 10.1. The summed E-state index contributed by atoms with van der Waals surface area (Å²) in [6.07, 6.45) is 2.02. The molecule has 2 aromatic rings. The summed E-state index contributed by atoms with van der Waals surface area (Å²) < 4.78 is 19.4. The molecule has 2 rings (SSSR count). The highest BCUT2D eigenvalue weighted by Crippen LogP contribution is 2.24. The fraction of sp³-hybridized carbons (Fsp3) is 0.250. The summed E-state index contributed by atoms with van der Waals surface area (Å²) in [5, 5.41) is 5.68. The fourth-order valence-electron chi connectivity index (χ4n) is 2.16. The van der Waals surface area contributed by atoms with Crippen LogP contribution in [0.5, 0.6) is 0 Å². The van der Waals surface area contributed by atoms with E-state index in [2.05, 4.69) is 26.6 Å². The largest absolute Gasteiger partial charge is 0.459 e. The van der Waals surface area contributed by atoms with Crippen molar-refractivity contribution in [1.29, 1.82) is 0 Å². The molecule has 24 heavy (non-hydrogen) atoms. The zero-order chi connectivity index (χ0) is 17.7. The van der Waals surface area contributed by atoms with Gasteiger partial charge in [0.15, 0.2) is 5.76 Å². The van der Waals surface area contributed by atoms with Crippen molar-refractivity contribution >= 4 is 33.4 Å². The molecule has 128 valence electrons. The molecule has 0 saturated heterocycles. The maximum Gasteiger partial charge on any atom is 0.287 e. The van der Waals surface area contributed by atoms with Crippen LogP contribution in [0.2, 0.25) is 0 Å². The number of primary amides is 1. The minimum atomic E-state index is -0.843. The van der Waals surface area contributed by atoms with Crippen molar-refractivity contribution in [2.24, 2.45) is 5.73 Å². The second-order valence-corrected chi connectivity index (χ2v) is 6.06. The van der Waals surface area contributed by atoms with Gasteiger partial charge in [0.1, 0.15) is 5.82 Å². The van der Waals surface area contributed by atoms with E-state index in [1.165, 1.54) is 12.3 Å². The molecule has 1 aromatic heterocycles. The predicted octanol–water partition coefficient (Wildman–Crippen LogP) is 2.82. The molecule has 0 radical (unpaired) electrons. The van der Waals surface area contributed by atoms with Gasteiger partial charge in [-0.3, -0.25) is 9.59 Å². The van der Waals surface area contributed by atoms with Crippen LogP contribution in [0, 0.1) is 12.7 Å². The molecule has 8 heteroatoms. The maximum absolute atomic E-state index is 13.8. The van der Waals surface area contributed by atoms with Crippen molar-refractivity contribution in [2.75, 3.05) is 18.4 Å². The molecular formula is C16H17BrFN3O3. The van der Waals surface area contributed by atoms with Gasteiger partial charge in [-0.05, 0) is 31.5 Å². The van der Waals surface area contributed by atoms with E-state index in [-0.39, 0.29) is 17.2 Å². The normalized spacial score (nSPS) is 10.5. The van der Waals surface area contributed by atoms with E-state index in [4.69, 9.17) is 10.2 Å². The van der Waals surface area contributed by atoms with Gasteiger partial charge < -0.3 is 20.8 Å². The molecule has 6 nitrogen and oxygen atoms in total. The van der Waals surface area contributed by atoms with Crippen molar-refractivity contribution in [3.05, 3.63) is 51.6 Å². The molecule has 0 saturated carbocycles. The third-order valence-electron chi connectivity index (χ3n) is 3.32. The first-order valence-electron chi connectivity index (χ1n) is 7.25. The number of furan rings is 1. The molecular weight excluding hydrogens is 381 g/mol. The van der Waals surface area contributed by atoms with Crippen LogP contribution in [0.3, 0.4) is 0 Å². The van der Waals surface area contributed by atoms with Crippen molar-refractivity contribution < 1.29 is 18.4 Å². The zero-order valence-electron chi connectivity index (χ0n) is 13.0. The number of benzene rings is 1. The van der Waals surface area contributed by atoms with E-state index in [0.29, 0.717) is 29.7 Å². The number of aryl methyl sites for hydroxylation is 1. The number of anilines is 1. The topological polar surface area (TPSA) is 97.4 Å². The van der Waals surface area contributed by atoms with Gasteiger partial charge in [0.05, 0.1) is 17.5 Å². The molecule has 1 aromatic carbocycles. The van der Waals surface area contributed by atoms with Crippen LogP contribution >= 0.6 is 15.9 Å². The summed E-state index contributed by atoms with van der Waals surface area (Å²) >= 11 is 3.17. The van der Waals surface area contributed by atoms with E-state index in [1.807, 2.05) is 0 Å². The van der Waals surface area contributed by atoms with Crippen LogP contribution in [0.4, 0.5) is 10.1 Å². The number of nitrogens with one attached hydrogen (secondary N) is 2. The maximum atomic E-state index is 13.8. The minimum Gasteiger partial charge on any atom is -0.459 e. The highest BCUT2D eigenvalue weighted by Gasteiger charge is 2.15. The molecule has 2 amide bonds. The van der Waals surface area contributed by atoms with E-state index < -0.39 is 11.7 Å². The molecule has 0 atom stereocenters. The van der Waals surface area contributed by atoms with Gasteiger partial charge in [0.2, 0.25) is 0 Å². The van der Waals surface area contributed by atoms with Crippen LogP contribution in [0.1, 0.15) is 32.9 Å². The lowest BCUT2D eigenvalue weighted by Crippen LogP contribution is -2.26. The first-order valence-corrected chi connectivity index (χ1v) is 8.04. The standard InChI is InChI=1S/C16H17BrFN3O3/c1-9-3-6-24-14(9)16(23)21-5-2-4-20-12-8-10(17)7-11(18)13(12)15(19)22/h3,6-8,20H,2,4-5H2,1H3,(H2,19,22)(H,21,23). The lowest BCUT2D eigenvalue weighted by Gasteiger charge is -2.12. The second-order valence-electron chi connectivity index (χ2n) is 5.14. The van der Waals surface area contributed by atoms with Crippen molar-refractivity contribution in [3.63, 3.8) is 0 Å². The molecule has 0 aliphatic rings. The Kier molecular flexibility index (Phi) is 5.97. The Morgan fingerprint density at radius 1 is 1.33 bits per heavy atom. The monoisotopic (exact) mass is 397 g/mol. The fourth-order valence-corrected chi connectivity index (χ4v) is 2.59.